The molecule has 20 heavy (non-hydrogen) atoms. The molecule has 0 amide bonds. The topological polar surface area (TPSA) is 38.6 Å². The summed E-state index contributed by atoms with van der Waals surface area (Å²) in [5.74, 6) is 0. The van der Waals surface area contributed by atoms with E-state index in [1.807, 2.05) is 11.8 Å². The van der Waals surface area contributed by atoms with Crippen LogP contribution >= 0.6 is 23.1 Å². The summed E-state index contributed by atoms with van der Waals surface area (Å²) in [6, 6.07) is 0. The van der Waals surface area contributed by atoms with E-state index >= 15 is 0 Å². The molecule has 0 radical (unpaired) electrons. The van der Waals surface area contributed by atoms with Crippen LogP contribution in [-0.4, -0.2) is 33.9 Å². The summed E-state index contributed by atoms with van der Waals surface area (Å²) in [5, 5.41) is 7.29. The highest BCUT2D eigenvalue weighted by Crippen LogP contribution is 2.35. The summed E-state index contributed by atoms with van der Waals surface area (Å²) in [6.45, 7) is 7.17. The number of imidazole rings is 1. The number of rotatable bonds is 6. The Balaban J connectivity index is 1.81. The lowest BCUT2D eigenvalue weighted by Gasteiger charge is -2.13. The van der Waals surface area contributed by atoms with Crippen LogP contribution in [0, 0.1) is 0 Å². The first kappa shape index (κ1) is 14.4. The number of thioether (sulfide) groups is 1. The maximum absolute atomic E-state index is 5.66. The number of nitrogens with one attached hydrogen (secondary N) is 1. The van der Waals surface area contributed by atoms with Gasteiger partial charge in [-0.15, -0.1) is 11.3 Å². The van der Waals surface area contributed by atoms with E-state index < -0.39 is 0 Å². The first-order valence-electron chi connectivity index (χ1n) is 7.23. The van der Waals surface area contributed by atoms with Gasteiger partial charge in [-0.05, 0) is 26.3 Å². The molecule has 3 heterocycles. The second-order valence-electron chi connectivity index (χ2n) is 5.12. The van der Waals surface area contributed by atoms with Crippen LogP contribution in [0.3, 0.4) is 0 Å². The van der Waals surface area contributed by atoms with Crippen LogP contribution in [0.25, 0.3) is 4.96 Å². The predicted molar refractivity (Wildman–Crippen MR) is 84.7 cm³/mol. The number of hydrogen-bond acceptors (Lipinski definition) is 5. The van der Waals surface area contributed by atoms with Crippen molar-refractivity contribution in [3.63, 3.8) is 0 Å². The lowest BCUT2D eigenvalue weighted by molar-refractivity contribution is 0.127. The number of aromatic nitrogens is 2. The molecular weight excluding hydrogens is 290 g/mol. The summed E-state index contributed by atoms with van der Waals surface area (Å²) in [7, 11) is 0. The first-order valence-corrected chi connectivity index (χ1v) is 8.99. The molecule has 0 aromatic carbocycles. The van der Waals surface area contributed by atoms with Crippen molar-refractivity contribution in [1.82, 2.24) is 14.7 Å². The summed E-state index contributed by atoms with van der Waals surface area (Å²) < 4.78 is 7.88. The quantitative estimate of drug-likeness (QED) is 0.832. The van der Waals surface area contributed by atoms with Gasteiger partial charge in [0.15, 0.2) is 4.96 Å². The Morgan fingerprint density at radius 2 is 2.50 bits per heavy atom. The standard InChI is InChI=1S/C14H21N3OS2/c1-3-5-15-9-11-13(16-14-17(11)6-8-19-14)20-12-4-7-18-10(12)2/h6,8,10,12,15H,3-5,7,9H2,1-2H3. The molecular formula is C14H21N3OS2. The van der Waals surface area contributed by atoms with Crippen molar-refractivity contribution < 1.29 is 4.74 Å². The third-order valence-corrected chi connectivity index (χ3v) is 5.84. The van der Waals surface area contributed by atoms with E-state index in [1.165, 1.54) is 10.7 Å². The van der Waals surface area contributed by atoms with Crippen LogP contribution in [0.5, 0.6) is 0 Å². The van der Waals surface area contributed by atoms with Crippen LogP contribution in [-0.2, 0) is 11.3 Å². The second-order valence-corrected chi connectivity index (χ2v) is 7.22. The van der Waals surface area contributed by atoms with Gasteiger partial charge in [0.25, 0.3) is 0 Å². The van der Waals surface area contributed by atoms with Gasteiger partial charge in [0.2, 0.25) is 0 Å². The normalized spacial score (nSPS) is 22.9. The van der Waals surface area contributed by atoms with Crippen molar-refractivity contribution in [3.8, 4) is 0 Å². The van der Waals surface area contributed by atoms with E-state index in [0.29, 0.717) is 11.4 Å². The Hall–Kier alpha value is -0.560. The van der Waals surface area contributed by atoms with Gasteiger partial charge in [0, 0.05) is 30.0 Å². The molecule has 3 rings (SSSR count). The molecule has 2 aromatic heterocycles. The van der Waals surface area contributed by atoms with Crippen molar-refractivity contribution in [2.45, 2.75) is 49.6 Å². The Labute approximate surface area is 127 Å². The number of thiazole rings is 1. The van der Waals surface area contributed by atoms with Crippen LogP contribution in [0.4, 0.5) is 0 Å². The second kappa shape index (κ2) is 6.47. The molecule has 2 aromatic rings. The van der Waals surface area contributed by atoms with E-state index in [0.717, 1.165) is 37.5 Å². The highest BCUT2D eigenvalue weighted by Gasteiger charge is 2.27. The van der Waals surface area contributed by atoms with Gasteiger partial charge in [-0.1, -0.05) is 18.7 Å². The number of nitrogens with zero attached hydrogens (tertiary/aromatic N) is 2. The summed E-state index contributed by atoms with van der Waals surface area (Å²) in [6.07, 6.45) is 4.73. The average Bonchev–Trinajstić information content (AvgIpc) is 3.10. The van der Waals surface area contributed by atoms with Gasteiger partial charge in [-0.3, -0.25) is 4.40 Å². The fourth-order valence-electron chi connectivity index (χ4n) is 2.46. The molecule has 1 aliphatic heterocycles. The third-order valence-electron chi connectivity index (χ3n) is 3.61. The third kappa shape index (κ3) is 2.88. The van der Waals surface area contributed by atoms with Crippen LogP contribution in [0.1, 0.15) is 32.4 Å². The molecule has 0 spiro atoms. The summed E-state index contributed by atoms with van der Waals surface area (Å²) >= 11 is 3.58. The smallest absolute Gasteiger partial charge is 0.194 e. The van der Waals surface area contributed by atoms with Crippen molar-refractivity contribution in [2.24, 2.45) is 0 Å². The SMILES string of the molecule is CCCNCc1c(SC2CCOC2C)nc2sccn12. The minimum Gasteiger partial charge on any atom is -0.377 e. The molecule has 1 aliphatic rings. The molecule has 0 bridgehead atoms. The average molecular weight is 311 g/mol. The van der Waals surface area contributed by atoms with Gasteiger partial charge in [-0.25, -0.2) is 4.98 Å². The van der Waals surface area contributed by atoms with E-state index in [9.17, 15) is 0 Å². The number of fused-ring (bicyclic) bond motifs is 1. The molecule has 1 fully saturated rings. The van der Waals surface area contributed by atoms with Crippen molar-refractivity contribution in [2.75, 3.05) is 13.2 Å². The van der Waals surface area contributed by atoms with E-state index in [2.05, 4.69) is 35.1 Å². The van der Waals surface area contributed by atoms with Crippen molar-refractivity contribution in [3.05, 3.63) is 17.3 Å². The fourth-order valence-corrected chi connectivity index (χ4v) is 4.47. The molecule has 2 atom stereocenters. The zero-order chi connectivity index (χ0) is 13.9. The molecule has 4 nitrogen and oxygen atoms in total. The molecule has 1 saturated heterocycles. The highest BCUT2D eigenvalue weighted by molar-refractivity contribution is 8.00. The molecule has 2 unspecified atom stereocenters. The molecule has 0 saturated carbocycles. The number of hydrogen-bond donors (Lipinski definition) is 1. The van der Waals surface area contributed by atoms with Gasteiger partial charge in [-0.2, -0.15) is 0 Å². The van der Waals surface area contributed by atoms with Crippen LogP contribution in [0.2, 0.25) is 0 Å². The minimum atomic E-state index is 0.330. The Kier molecular flexibility index (Phi) is 4.65. The Morgan fingerprint density at radius 3 is 3.25 bits per heavy atom. The molecule has 110 valence electrons. The largest absolute Gasteiger partial charge is 0.377 e. The van der Waals surface area contributed by atoms with Gasteiger partial charge < -0.3 is 10.1 Å². The zero-order valence-corrected chi connectivity index (χ0v) is 13.6. The van der Waals surface area contributed by atoms with Crippen molar-refractivity contribution >= 4 is 28.1 Å². The van der Waals surface area contributed by atoms with E-state index in [4.69, 9.17) is 9.72 Å². The maximum Gasteiger partial charge on any atom is 0.194 e. The lowest BCUT2D eigenvalue weighted by Crippen LogP contribution is -2.17. The monoisotopic (exact) mass is 311 g/mol. The fraction of sp³-hybridized carbons (Fsp3) is 0.643. The lowest BCUT2D eigenvalue weighted by atomic mass is 10.3. The highest BCUT2D eigenvalue weighted by atomic mass is 32.2. The predicted octanol–water partition coefficient (Wildman–Crippen LogP) is 3.16. The first-order chi connectivity index (χ1) is 9.79. The number of ether oxygens (including phenoxy) is 1. The van der Waals surface area contributed by atoms with Gasteiger partial charge >= 0.3 is 0 Å². The summed E-state index contributed by atoms with van der Waals surface area (Å²) in [4.78, 5) is 5.89. The minimum absolute atomic E-state index is 0.330. The van der Waals surface area contributed by atoms with Crippen LogP contribution in [0.15, 0.2) is 16.6 Å². The summed E-state index contributed by atoms with van der Waals surface area (Å²) in [5.41, 5.74) is 1.29. The van der Waals surface area contributed by atoms with Gasteiger partial charge in [0.1, 0.15) is 5.03 Å². The Bertz CT molecular complexity index is 566. The van der Waals surface area contributed by atoms with Crippen molar-refractivity contribution in [1.29, 1.82) is 0 Å². The maximum atomic E-state index is 5.66. The Morgan fingerprint density at radius 1 is 1.60 bits per heavy atom. The van der Waals surface area contributed by atoms with E-state index in [-0.39, 0.29) is 0 Å². The molecule has 0 aliphatic carbocycles. The molecule has 6 heteroatoms. The van der Waals surface area contributed by atoms with Gasteiger partial charge in [0.05, 0.1) is 11.8 Å². The molecule has 1 N–H and O–H groups in total. The zero-order valence-electron chi connectivity index (χ0n) is 12.0. The van der Waals surface area contributed by atoms with Crippen LogP contribution < -0.4 is 5.32 Å². The van der Waals surface area contributed by atoms with E-state index in [1.54, 1.807) is 11.3 Å².